The number of fused-ring (bicyclic) bond motifs is 2. The van der Waals surface area contributed by atoms with Crippen molar-refractivity contribution in [3.63, 3.8) is 0 Å². The molecule has 1 aliphatic heterocycles. The lowest BCUT2D eigenvalue weighted by Crippen LogP contribution is -2.40. The highest BCUT2D eigenvalue weighted by Gasteiger charge is 2.27. The van der Waals surface area contributed by atoms with Crippen molar-refractivity contribution in [2.45, 2.75) is 43.3 Å². The Labute approximate surface area is 186 Å². The minimum Gasteiger partial charge on any atom is -0.383 e. The van der Waals surface area contributed by atoms with E-state index in [-0.39, 0.29) is 22.8 Å². The number of hydrogen-bond donors (Lipinski definition) is 0. The summed E-state index contributed by atoms with van der Waals surface area (Å²) in [5.74, 6) is 0.0628. The maximum atomic E-state index is 13.2. The summed E-state index contributed by atoms with van der Waals surface area (Å²) in [6.45, 7) is 5.54. The maximum Gasteiger partial charge on any atom is 0.262 e. The van der Waals surface area contributed by atoms with Crippen LogP contribution in [0.25, 0.3) is 10.9 Å². The highest BCUT2D eigenvalue weighted by Crippen LogP contribution is 2.28. The quantitative estimate of drug-likeness (QED) is 0.435. The Kier molecular flexibility index (Phi) is 6.43. The molecule has 0 saturated heterocycles. The molecule has 2 heterocycles. The molecule has 4 rings (SSSR count). The summed E-state index contributed by atoms with van der Waals surface area (Å²) in [6.07, 6.45) is 0.864. The van der Waals surface area contributed by atoms with Gasteiger partial charge in [0.15, 0.2) is 5.16 Å². The minimum absolute atomic E-state index is 0.0628. The van der Waals surface area contributed by atoms with Crippen LogP contribution in [0.2, 0.25) is 0 Å². The summed E-state index contributed by atoms with van der Waals surface area (Å²) < 4.78 is 6.95. The molecule has 0 bridgehead atoms. The Morgan fingerprint density at radius 2 is 1.84 bits per heavy atom. The van der Waals surface area contributed by atoms with Crippen LogP contribution in [0.1, 0.15) is 31.0 Å². The van der Waals surface area contributed by atoms with E-state index in [4.69, 9.17) is 9.72 Å². The van der Waals surface area contributed by atoms with Crippen LogP contribution in [0.15, 0.2) is 58.5 Å². The van der Waals surface area contributed by atoms with Gasteiger partial charge in [0.05, 0.1) is 28.8 Å². The Hall–Kier alpha value is -2.64. The van der Waals surface area contributed by atoms with Crippen molar-refractivity contribution in [3.05, 3.63) is 70.0 Å². The second-order valence-corrected chi connectivity index (χ2v) is 9.24. The molecule has 31 heavy (non-hydrogen) atoms. The minimum atomic E-state index is -0.362. The zero-order chi connectivity index (χ0) is 22.0. The smallest absolute Gasteiger partial charge is 0.262 e. The van der Waals surface area contributed by atoms with E-state index in [2.05, 4.69) is 12.1 Å². The van der Waals surface area contributed by atoms with Crippen molar-refractivity contribution in [3.8, 4) is 0 Å². The van der Waals surface area contributed by atoms with Gasteiger partial charge in [0.25, 0.3) is 5.56 Å². The number of thioether (sulfide) groups is 1. The van der Waals surface area contributed by atoms with Crippen LogP contribution in [-0.4, -0.2) is 45.9 Å². The average Bonchev–Trinajstić information content (AvgIpc) is 2.78. The van der Waals surface area contributed by atoms with Crippen LogP contribution in [0.4, 0.5) is 0 Å². The number of hydrogen-bond acceptors (Lipinski definition) is 5. The zero-order valence-corrected chi connectivity index (χ0v) is 18.9. The number of benzene rings is 2. The topological polar surface area (TPSA) is 64.4 Å². The summed E-state index contributed by atoms with van der Waals surface area (Å²) >= 11 is 1.34. The zero-order valence-electron chi connectivity index (χ0n) is 18.1. The van der Waals surface area contributed by atoms with Gasteiger partial charge in [-0.2, -0.15) is 0 Å². The second kappa shape index (κ2) is 9.24. The monoisotopic (exact) mass is 437 g/mol. The number of rotatable bonds is 6. The summed E-state index contributed by atoms with van der Waals surface area (Å²) in [7, 11) is 1.61. The second-order valence-electron chi connectivity index (χ2n) is 7.93. The summed E-state index contributed by atoms with van der Waals surface area (Å²) in [6, 6.07) is 15.4. The average molecular weight is 438 g/mol. The Balaban J connectivity index is 1.62. The van der Waals surface area contributed by atoms with E-state index in [1.54, 1.807) is 17.7 Å². The fraction of sp³-hybridized carbons (Fsp3) is 0.375. The van der Waals surface area contributed by atoms with Gasteiger partial charge >= 0.3 is 0 Å². The van der Waals surface area contributed by atoms with E-state index in [0.717, 1.165) is 6.42 Å². The van der Waals surface area contributed by atoms with Crippen LogP contribution in [0, 0.1) is 0 Å². The van der Waals surface area contributed by atoms with Crippen LogP contribution in [0.3, 0.4) is 0 Å². The number of carbonyl (C=O) groups is 1. The molecule has 0 saturated carbocycles. The molecule has 6 nitrogen and oxygen atoms in total. The van der Waals surface area contributed by atoms with Crippen LogP contribution in [-0.2, 0) is 22.5 Å². The van der Waals surface area contributed by atoms with Gasteiger partial charge in [0.2, 0.25) is 5.91 Å². The standard InChI is InChI=1S/C24H27N3O3S/c1-16(15-30-3)27-23(29)20-10-6-7-11-21(20)25-24(27)31-17(2)22(28)26-13-12-18-8-4-5-9-19(18)14-26/h4-11,16-17H,12-15H2,1-3H3/t16-,17+/m1/s1. The Bertz CT molecular complexity index is 1160. The van der Waals surface area contributed by atoms with Crippen molar-refractivity contribution < 1.29 is 9.53 Å². The van der Waals surface area contributed by atoms with Crippen LogP contribution >= 0.6 is 11.8 Å². The predicted molar refractivity (Wildman–Crippen MR) is 123 cm³/mol. The van der Waals surface area contributed by atoms with E-state index in [9.17, 15) is 9.59 Å². The van der Waals surface area contributed by atoms with Gasteiger partial charge in [0.1, 0.15) is 0 Å². The van der Waals surface area contributed by atoms with E-state index in [0.29, 0.717) is 35.8 Å². The number of carbonyl (C=O) groups excluding carboxylic acids is 1. The third-order valence-corrected chi connectivity index (χ3v) is 6.75. The van der Waals surface area contributed by atoms with Gasteiger partial charge in [-0.1, -0.05) is 48.2 Å². The van der Waals surface area contributed by atoms with E-state index < -0.39 is 0 Å². The third kappa shape index (κ3) is 4.38. The van der Waals surface area contributed by atoms with Crippen LogP contribution in [0.5, 0.6) is 0 Å². The SMILES string of the molecule is COC[C@@H](C)n1c(S[C@@H](C)C(=O)N2CCc3ccccc3C2)nc2ccccc2c1=O. The number of aromatic nitrogens is 2. The van der Waals surface area contributed by atoms with E-state index >= 15 is 0 Å². The van der Waals surface area contributed by atoms with Crippen LogP contribution < -0.4 is 5.56 Å². The molecule has 0 unspecified atom stereocenters. The molecule has 0 fully saturated rings. The Morgan fingerprint density at radius 3 is 2.61 bits per heavy atom. The van der Waals surface area contributed by atoms with Crippen molar-refractivity contribution in [1.29, 1.82) is 0 Å². The van der Waals surface area contributed by atoms with Gasteiger partial charge in [-0.25, -0.2) is 4.98 Å². The van der Waals surface area contributed by atoms with Crippen molar-refractivity contribution in [2.24, 2.45) is 0 Å². The molecule has 1 aliphatic rings. The van der Waals surface area contributed by atoms with Gasteiger partial charge in [-0.15, -0.1) is 0 Å². The lowest BCUT2D eigenvalue weighted by molar-refractivity contribution is -0.131. The first-order chi connectivity index (χ1) is 15.0. The summed E-state index contributed by atoms with van der Waals surface area (Å²) in [5.41, 5.74) is 3.05. The molecule has 7 heteroatoms. The molecule has 162 valence electrons. The number of amides is 1. The van der Waals surface area contributed by atoms with E-state index in [1.165, 1.54) is 22.9 Å². The van der Waals surface area contributed by atoms with Gasteiger partial charge < -0.3 is 9.64 Å². The lowest BCUT2D eigenvalue weighted by Gasteiger charge is -2.31. The third-order valence-electron chi connectivity index (χ3n) is 5.70. The molecule has 1 amide bonds. The number of ether oxygens (including phenoxy) is 1. The molecule has 2 atom stereocenters. The summed E-state index contributed by atoms with van der Waals surface area (Å²) in [5, 5.41) is 0.757. The molecular formula is C24H27N3O3S. The largest absolute Gasteiger partial charge is 0.383 e. The first-order valence-corrected chi connectivity index (χ1v) is 11.4. The maximum absolute atomic E-state index is 13.2. The van der Waals surface area contributed by atoms with Crippen molar-refractivity contribution in [2.75, 3.05) is 20.3 Å². The Morgan fingerprint density at radius 1 is 1.13 bits per heavy atom. The predicted octanol–water partition coefficient (Wildman–Crippen LogP) is 3.67. The molecular weight excluding hydrogens is 410 g/mol. The molecule has 3 aromatic rings. The molecule has 0 radical (unpaired) electrons. The molecule has 0 spiro atoms. The fourth-order valence-electron chi connectivity index (χ4n) is 4.06. The fourth-order valence-corrected chi connectivity index (χ4v) is 5.16. The molecule has 0 N–H and O–H groups in total. The first-order valence-electron chi connectivity index (χ1n) is 10.5. The van der Waals surface area contributed by atoms with Gasteiger partial charge in [-0.3, -0.25) is 14.2 Å². The first kappa shape index (κ1) is 21.6. The van der Waals surface area contributed by atoms with Crippen molar-refractivity contribution >= 4 is 28.6 Å². The van der Waals surface area contributed by atoms with Gasteiger partial charge in [-0.05, 0) is 43.5 Å². The number of methoxy groups -OCH3 is 1. The lowest BCUT2D eigenvalue weighted by atomic mass is 10.00. The molecule has 2 aromatic carbocycles. The van der Waals surface area contributed by atoms with Crippen molar-refractivity contribution in [1.82, 2.24) is 14.5 Å². The number of nitrogens with zero attached hydrogens (tertiary/aromatic N) is 3. The molecule has 0 aliphatic carbocycles. The highest BCUT2D eigenvalue weighted by molar-refractivity contribution is 8.00. The number of para-hydroxylation sites is 1. The highest BCUT2D eigenvalue weighted by atomic mass is 32.2. The normalized spacial score (nSPS) is 15.5. The summed E-state index contributed by atoms with van der Waals surface area (Å²) in [4.78, 5) is 33.1. The van der Waals surface area contributed by atoms with E-state index in [1.807, 2.05) is 49.1 Å². The molecule has 1 aromatic heterocycles. The van der Waals surface area contributed by atoms with Gasteiger partial charge in [0, 0.05) is 20.2 Å².